The van der Waals surface area contributed by atoms with Crippen molar-refractivity contribution in [3.63, 3.8) is 0 Å². The van der Waals surface area contributed by atoms with Crippen LogP contribution in [-0.4, -0.2) is 40.0 Å². The molecular weight excluding hydrogens is 462 g/mol. The Labute approximate surface area is 205 Å². The summed E-state index contributed by atoms with van der Waals surface area (Å²) >= 11 is 1.61. The average Bonchev–Trinajstić information content (AvgIpc) is 3.46. The average molecular weight is 486 g/mol. The topological polar surface area (TPSA) is 120 Å². The van der Waals surface area contributed by atoms with Crippen LogP contribution >= 0.6 is 11.8 Å². The fourth-order valence-electron chi connectivity index (χ4n) is 4.74. The molecule has 4 N–H and O–H groups in total. The zero-order valence-electron chi connectivity index (χ0n) is 19.0. The lowest BCUT2D eigenvalue weighted by Crippen LogP contribution is -2.39. The van der Waals surface area contributed by atoms with E-state index in [1.165, 1.54) is 5.69 Å². The normalized spacial score (nSPS) is 16.6. The second-order valence-electron chi connectivity index (χ2n) is 8.25. The van der Waals surface area contributed by atoms with Crippen LogP contribution in [-0.2, 0) is 20.8 Å². The van der Waals surface area contributed by atoms with Crippen LogP contribution < -0.4 is 10.6 Å². The third-order valence-corrected chi connectivity index (χ3v) is 7.08. The van der Waals surface area contributed by atoms with Crippen molar-refractivity contribution >= 4 is 40.4 Å². The molecule has 4 heterocycles. The van der Waals surface area contributed by atoms with Gasteiger partial charge in [0.15, 0.2) is 10.9 Å². The lowest BCUT2D eigenvalue weighted by molar-refractivity contribution is -0.191. The molecule has 0 saturated carbocycles. The van der Waals surface area contributed by atoms with Gasteiger partial charge in [0.1, 0.15) is 0 Å². The largest absolute Gasteiger partial charge is 0.373 e. The lowest BCUT2D eigenvalue weighted by Gasteiger charge is -2.33. The van der Waals surface area contributed by atoms with Gasteiger partial charge in [-0.05, 0) is 36.2 Å². The predicted octanol–water partition coefficient (Wildman–Crippen LogP) is 4.00. The first-order chi connectivity index (χ1) is 17.1. The number of nitrogens with zero attached hydrogens (tertiary/aromatic N) is 1. The van der Waals surface area contributed by atoms with Gasteiger partial charge < -0.3 is 20.6 Å². The minimum absolute atomic E-state index is 0.0800. The van der Waals surface area contributed by atoms with Crippen LogP contribution in [0.25, 0.3) is 11.0 Å². The number of aryl methyl sites for hydroxylation is 1. The van der Waals surface area contributed by atoms with Gasteiger partial charge in [0.2, 0.25) is 0 Å². The first-order valence-corrected chi connectivity index (χ1v) is 12.1. The molecular formula is C26H23N5O3S. The first kappa shape index (κ1) is 22.9. The number of hydrogen-bond donors (Lipinski definition) is 4. The van der Waals surface area contributed by atoms with E-state index in [-0.39, 0.29) is 17.9 Å². The molecule has 2 aliphatic rings. The third kappa shape index (κ3) is 4.33. The molecule has 8 nitrogen and oxygen atoms in total. The van der Waals surface area contributed by atoms with Crippen molar-refractivity contribution in [2.75, 3.05) is 18.4 Å². The van der Waals surface area contributed by atoms with E-state index in [2.05, 4.69) is 58.0 Å². The Hall–Kier alpha value is -3.91. The standard InChI is InChI=1S/C25H23N5OS.CO2/c1-2-17-24-16(11-27-17)22(23-20(28-24)12-26-13-21(23)31)14-6-5-7-15(10-14)32-25-29-18-8-3-4-9-19(18)30-25;2-1-3/h3-11,22,26-28H,2,12-13H2,1H3,(H,29,30);. The van der Waals surface area contributed by atoms with Gasteiger partial charge in [0.25, 0.3) is 0 Å². The number of carbonyl (C=O) groups excluding carboxylic acids is 3. The molecule has 0 spiro atoms. The fourth-order valence-corrected chi connectivity index (χ4v) is 5.61. The summed E-state index contributed by atoms with van der Waals surface area (Å²) in [6, 6.07) is 16.5. The molecule has 0 aliphatic carbocycles. The molecule has 2 aliphatic heterocycles. The van der Waals surface area contributed by atoms with E-state index < -0.39 is 0 Å². The maximum absolute atomic E-state index is 13.0. The molecule has 176 valence electrons. The van der Waals surface area contributed by atoms with Crippen LogP contribution in [0.4, 0.5) is 5.69 Å². The van der Waals surface area contributed by atoms with Gasteiger partial charge in [0, 0.05) is 46.1 Å². The highest BCUT2D eigenvalue weighted by Crippen LogP contribution is 2.45. The van der Waals surface area contributed by atoms with Gasteiger partial charge in [-0.2, -0.15) is 9.59 Å². The van der Waals surface area contributed by atoms with Crippen LogP contribution in [0.15, 0.2) is 76.0 Å². The summed E-state index contributed by atoms with van der Waals surface area (Å²) in [5.74, 6) is 0.0765. The lowest BCUT2D eigenvalue weighted by atomic mass is 9.79. The Balaban J connectivity index is 0.000000806. The summed E-state index contributed by atoms with van der Waals surface area (Å²) in [5.41, 5.74) is 8.41. The van der Waals surface area contributed by atoms with Crippen LogP contribution in [0.2, 0.25) is 0 Å². The number of para-hydroxylation sites is 2. The molecule has 0 amide bonds. The zero-order chi connectivity index (χ0) is 24.4. The maximum Gasteiger partial charge on any atom is 0.373 e. The van der Waals surface area contributed by atoms with Gasteiger partial charge in [-0.1, -0.05) is 43.0 Å². The van der Waals surface area contributed by atoms with Gasteiger partial charge >= 0.3 is 6.15 Å². The van der Waals surface area contributed by atoms with Crippen molar-refractivity contribution in [1.82, 2.24) is 20.3 Å². The van der Waals surface area contributed by atoms with Gasteiger partial charge in [-0.15, -0.1) is 0 Å². The van der Waals surface area contributed by atoms with E-state index in [0.717, 1.165) is 55.6 Å². The number of imidazole rings is 1. The summed E-state index contributed by atoms with van der Waals surface area (Å²) in [5, 5.41) is 7.63. The van der Waals surface area contributed by atoms with E-state index in [9.17, 15) is 4.79 Å². The van der Waals surface area contributed by atoms with Crippen molar-refractivity contribution in [3.05, 3.63) is 82.8 Å². The molecule has 35 heavy (non-hydrogen) atoms. The molecule has 9 heteroatoms. The van der Waals surface area contributed by atoms with E-state index in [1.54, 1.807) is 11.8 Å². The highest BCUT2D eigenvalue weighted by atomic mass is 32.2. The van der Waals surface area contributed by atoms with Crippen molar-refractivity contribution in [3.8, 4) is 0 Å². The molecule has 0 fully saturated rings. The Morgan fingerprint density at radius 3 is 2.74 bits per heavy atom. The van der Waals surface area contributed by atoms with E-state index in [0.29, 0.717) is 13.1 Å². The van der Waals surface area contributed by atoms with Crippen LogP contribution in [0.1, 0.15) is 29.7 Å². The van der Waals surface area contributed by atoms with E-state index in [1.807, 2.05) is 24.3 Å². The maximum atomic E-state index is 13.0. The number of anilines is 1. The smallest absolute Gasteiger partial charge is 0.363 e. The van der Waals surface area contributed by atoms with Crippen molar-refractivity contribution in [2.45, 2.75) is 29.3 Å². The highest BCUT2D eigenvalue weighted by Gasteiger charge is 2.36. The second-order valence-corrected chi connectivity index (χ2v) is 9.31. The molecule has 1 atom stereocenters. The summed E-state index contributed by atoms with van der Waals surface area (Å²) in [6.45, 7) is 3.20. The molecule has 2 aromatic carbocycles. The number of Topliss-reactive ketones (excluding diaryl/α,β-unsaturated/α-hetero) is 1. The van der Waals surface area contributed by atoms with Gasteiger partial charge in [0.05, 0.1) is 23.3 Å². The molecule has 6 rings (SSSR count). The Morgan fingerprint density at radius 2 is 1.94 bits per heavy atom. The molecule has 0 saturated heterocycles. The minimum Gasteiger partial charge on any atom is -0.363 e. The SMILES string of the molecule is CCc1[nH]cc2c1NC1=C(C(=O)CNC1)C2c1cccc(Sc2nc3ccccc3[nH]2)c1.O=C=O. The number of aromatic amines is 2. The van der Waals surface area contributed by atoms with Crippen molar-refractivity contribution in [2.24, 2.45) is 0 Å². The molecule has 4 aromatic rings. The van der Waals surface area contributed by atoms with E-state index >= 15 is 0 Å². The first-order valence-electron chi connectivity index (χ1n) is 11.3. The zero-order valence-corrected chi connectivity index (χ0v) is 19.8. The second kappa shape index (κ2) is 9.76. The Bertz CT molecular complexity index is 1450. The number of rotatable bonds is 4. The summed E-state index contributed by atoms with van der Waals surface area (Å²) in [7, 11) is 0. The summed E-state index contributed by atoms with van der Waals surface area (Å²) < 4.78 is 0. The number of benzene rings is 2. The molecule has 0 bridgehead atoms. The van der Waals surface area contributed by atoms with Crippen LogP contribution in [0.5, 0.6) is 0 Å². The molecule has 1 unspecified atom stereocenters. The molecule has 0 radical (unpaired) electrons. The summed E-state index contributed by atoms with van der Waals surface area (Å²) in [6.07, 6.45) is 3.21. The van der Waals surface area contributed by atoms with Gasteiger partial charge in [-0.25, -0.2) is 4.98 Å². The van der Waals surface area contributed by atoms with Crippen LogP contribution in [0, 0.1) is 0 Å². The number of H-pyrrole nitrogens is 2. The monoisotopic (exact) mass is 485 g/mol. The van der Waals surface area contributed by atoms with Gasteiger partial charge in [-0.3, -0.25) is 4.79 Å². The Morgan fingerprint density at radius 1 is 1.11 bits per heavy atom. The third-order valence-electron chi connectivity index (χ3n) is 6.21. The highest BCUT2D eigenvalue weighted by molar-refractivity contribution is 7.99. The number of aromatic nitrogens is 3. The number of ketones is 1. The van der Waals surface area contributed by atoms with Crippen molar-refractivity contribution < 1.29 is 14.4 Å². The number of hydrogen-bond acceptors (Lipinski definition) is 7. The minimum atomic E-state index is -0.0800. The number of nitrogens with one attached hydrogen (secondary N) is 4. The Kier molecular flexibility index (Phi) is 6.37. The van der Waals surface area contributed by atoms with E-state index in [4.69, 9.17) is 14.6 Å². The molecule has 2 aromatic heterocycles. The van der Waals surface area contributed by atoms with Crippen LogP contribution in [0.3, 0.4) is 0 Å². The number of fused-ring (bicyclic) bond motifs is 2. The number of carbonyl (C=O) groups is 1. The quantitative estimate of drug-likeness (QED) is 0.345. The predicted molar refractivity (Wildman–Crippen MR) is 132 cm³/mol. The fraction of sp³-hybridized carbons (Fsp3) is 0.192. The summed E-state index contributed by atoms with van der Waals surface area (Å²) in [4.78, 5) is 41.8. The van der Waals surface area contributed by atoms with Crippen molar-refractivity contribution in [1.29, 1.82) is 0 Å².